The quantitative estimate of drug-likeness (QED) is 0.852. The first kappa shape index (κ1) is 17.2. The van der Waals surface area contributed by atoms with E-state index in [0.717, 1.165) is 6.07 Å². The van der Waals surface area contributed by atoms with Crippen molar-refractivity contribution in [2.75, 3.05) is 26.2 Å². The second kappa shape index (κ2) is 7.50. The summed E-state index contributed by atoms with van der Waals surface area (Å²) in [6.45, 7) is 2.16. The number of carbonyl (C=O) groups excluding carboxylic acids is 1. The number of aromatic hydroxyl groups is 1. The molecule has 0 aliphatic carbocycles. The van der Waals surface area contributed by atoms with Gasteiger partial charge in [0.2, 0.25) is 11.2 Å². The van der Waals surface area contributed by atoms with Gasteiger partial charge in [0.05, 0.1) is 6.54 Å². The van der Waals surface area contributed by atoms with Crippen molar-refractivity contribution in [2.24, 2.45) is 0 Å². The van der Waals surface area contributed by atoms with Crippen LogP contribution in [0.5, 0.6) is 5.75 Å². The first-order valence-electron chi connectivity index (χ1n) is 8.11. The van der Waals surface area contributed by atoms with Gasteiger partial charge in [0, 0.05) is 37.8 Å². The lowest BCUT2D eigenvalue weighted by Gasteiger charge is -2.34. The number of aliphatic hydroxyl groups excluding tert-OH is 1. The molecule has 1 aromatic carbocycles. The molecule has 7 nitrogen and oxygen atoms in total. The normalized spacial score (nSPS) is 15.3. The van der Waals surface area contributed by atoms with Gasteiger partial charge in [-0.05, 0) is 12.1 Å². The number of hydrogen-bond donors (Lipinski definition) is 2. The Balaban J connectivity index is 1.63. The molecule has 1 saturated heterocycles. The molecule has 1 amide bonds. The molecule has 0 spiro atoms. The SMILES string of the molecule is O=C(c1ccccc1)N1CCN(Cc2oc(CO)cc(=O)c2O)CC1. The summed E-state index contributed by atoms with van der Waals surface area (Å²) in [6.07, 6.45) is 0. The number of rotatable bonds is 4. The molecule has 1 aliphatic rings. The molecule has 7 heteroatoms. The second-order valence-electron chi connectivity index (χ2n) is 5.94. The average Bonchev–Trinajstić information content (AvgIpc) is 2.66. The van der Waals surface area contributed by atoms with Gasteiger partial charge in [-0.15, -0.1) is 0 Å². The number of hydrogen-bond acceptors (Lipinski definition) is 6. The molecule has 132 valence electrons. The molecule has 0 saturated carbocycles. The minimum Gasteiger partial charge on any atom is -0.502 e. The maximum atomic E-state index is 12.4. The fraction of sp³-hybridized carbons (Fsp3) is 0.333. The number of amides is 1. The van der Waals surface area contributed by atoms with Crippen LogP contribution in [0, 0.1) is 0 Å². The van der Waals surface area contributed by atoms with Crippen LogP contribution in [0.15, 0.2) is 45.6 Å². The van der Waals surface area contributed by atoms with E-state index >= 15 is 0 Å². The highest BCUT2D eigenvalue weighted by Crippen LogP contribution is 2.18. The molecule has 0 unspecified atom stereocenters. The van der Waals surface area contributed by atoms with Crippen LogP contribution in [0.1, 0.15) is 21.9 Å². The van der Waals surface area contributed by atoms with E-state index in [9.17, 15) is 14.7 Å². The Labute approximate surface area is 144 Å². The Morgan fingerprint density at radius 1 is 1.12 bits per heavy atom. The van der Waals surface area contributed by atoms with Crippen molar-refractivity contribution in [3.05, 3.63) is 63.7 Å². The molecule has 1 fully saturated rings. The van der Waals surface area contributed by atoms with Gasteiger partial charge in [-0.25, -0.2) is 0 Å². The molecule has 2 N–H and O–H groups in total. The molecule has 1 aliphatic heterocycles. The summed E-state index contributed by atoms with van der Waals surface area (Å²) >= 11 is 0. The summed E-state index contributed by atoms with van der Waals surface area (Å²) in [5.74, 6) is -0.174. The van der Waals surface area contributed by atoms with Crippen LogP contribution in [0.4, 0.5) is 0 Å². The summed E-state index contributed by atoms with van der Waals surface area (Å²) in [5, 5.41) is 19.0. The smallest absolute Gasteiger partial charge is 0.253 e. The van der Waals surface area contributed by atoms with Crippen LogP contribution in [0.3, 0.4) is 0 Å². The maximum absolute atomic E-state index is 12.4. The highest BCUT2D eigenvalue weighted by Gasteiger charge is 2.23. The average molecular weight is 344 g/mol. The third-order valence-corrected chi connectivity index (χ3v) is 4.25. The topological polar surface area (TPSA) is 94.2 Å². The highest BCUT2D eigenvalue weighted by molar-refractivity contribution is 5.94. The monoisotopic (exact) mass is 344 g/mol. The molecular formula is C18H20N2O5. The minimum atomic E-state index is -0.566. The first-order valence-corrected chi connectivity index (χ1v) is 8.11. The summed E-state index contributed by atoms with van der Waals surface area (Å²) in [5.41, 5.74) is 0.0958. The number of nitrogens with zero attached hydrogens (tertiary/aromatic N) is 2. The summed E-state index contributed by atoms with van der Waals surface area (Å²) in [7, 11) is 0. The molecule has 3 rings (SSSR count). The van der Waals surface area contributed by atoms with Gasteiger partial charge < -0.3 is 19.5 Å². The van der Waals surface area contributed by atoms with E-state index in [1.807, 2.05) is 23.1 Å². The largest absolute Gasteiger partial charge is 0.502 e. The van der Waals surface area contributed by atoms with Crippen LogP contribution in [0.25, 0.3) is 0 Å². The van der Waals surface area contributed by atoms with E-state index in [2.05, 4.69) is 0 Å². The lowest BCUT2D eigenvalue weighted by molar-refractivity contribution is 0.0615. The number of piperazine rings is 1. The van der Waals surface area contributed by atoms with Gasteiger partial charge in [-0.1, -0.05) is 18.2 Å². The lowest BCUT2D eigenvalue weighted by atomic mass is 10.2. The van der Waals surface area contributed by atoms with Gasteiger partial charge in [-0.2, -0.15) is 0 Å². The molecule has 2 aromatic rings. The van der Waals surface area contributed by atoms with E-state index in [4.69, 9.17) is 9.52 Å². The summed E-state index contributed by atoms with van der Waals surface area (Å²) < 4.78 is 5.36. The predicted molar refractivity (Wildman–Crippen MR) is 90.2 cm³/mol. The van der Waals surface area contributed by atoms with Crippen LogP contribution < -0.4 is 5.43 Å². The van der Waals surface area contributed by atoms with Crippen LogP contribution in [-0.2, 0) is 13.2 Å². The zero-order valence-electron chi connectivity index (χ0n) is 13.7. The van der Waals surface area contributed by atoms with Crippen molar-refractivity contribution in [2.45, 2.75) is 13.2 Å². The van der Waals surface area contributed by atoms with E-state index in [-0.39, 0.29) is 24.0 Å². The molecule has 0 atom stereocenters. The van der Waals surface area contributed by atoms with Crippen molar-refractivity contribution < 1.29 is 19.4 Å². The van der Waals surface area contributed by atoms with Crippen LogP contribution in [-0.4, -0.2) is 52.1 Å². The van der Waals surface area contributed by atoms with Crippen molar-refractivity contribution in [1.29, 1.82) is 0 Å². The summed E-state index contributed by atoms with van der Waals surface area (Å²) in [4.78, 5) is 27.9. The molecular weight excluding hydrogens is 324 g/mol. The van der Waals surface area contributed by atoms with Crippen LogP contribution >= 0.6 is 0 Å². The van der Waals surface area contributed by atoms with Gasteiger partial charge in [0.1, 0.15) is 12.4 Å². The zero-order valence-corrected chi connectivity index (χ0v) is 13.7. The fourth-order valence-corrected chi connectivity index (χ4v) is 2.85. The lowest BCUT2D eigenvalue weighted by Crippen LogP contribution is -2.48. The van der Waals surface area contributed by atoms with E-state index in [0.29, 0.717) is 31.7 Å². The number of benzene rings is 1. The van der Waals surface area contributed by atoms with E-state index in [1.54, 1.807) is 17.0 Å². The number of carbonyl (C=O) groups is 1. The van der Waals surface area contributed by atoms with Crippen molar-refractivity contribution in [3.63, 3.8) is 0 Å². The van der Waals surface area contributed by atoms with Gasteiger partial charge in [0.25, 0.3) is 5.91 Å². The summed E-state index contributed by atoms with van der Waals surface area (Å²) in [6, 6.07) is 10.2. The molecule has 1 aromatic heterocycles. The fourth-order valence-electron chi connectivity index (χ4n) is 2.85. The van der Waals surface area contributed by atoms with Crippen molar-refractivity contribution in [1.82, 2.24) is 9.80 Å². The Morgan fingerprint density at radius 3 is 2.44 bits per heavy atom. The molecule has 25 heavy (non-hydrogen) atoms. The zero-order chi connectivity index (χ0) is 17.8. The predicted octanol–water partition coefficient (Wildman–Crippen LogP) is 0.796. The number of aliphatic hydroxyl groups is 1. The Morgan fingerprint density at radius 2 is 1.80 bits per heavy atom. The standard InChI is InChI=1S/C18H20N2O5/c21-12-14-10-15(22)17(23)16(25-14)11-19-6-8-20(9-7-19)18(24)13-4-2-1-3-5-13/h1-5,10,21,23H,6-9,11-12H2. The maximum Gasteiger partial charge on any atom is 0.253 e. The Hall–Kier alpha value is -2.64. The second-order valence-corrected chi connectivity index (χ2v) is 5.94. The van der Waals surface area contributed by atoms with Gasteiger partial charge in [0.15, 0.2) is 5.76 Å². The Bertz CT molecular complexity index is 795. The molecule has 2 heterocycles. The van der Waals surface area contributed by atoms with Crippen molar-refractivity contribution in [3.8, 4) is 5.75 Å². The minimum absolute atomic E-state index is 0.00286. The Kier molecular flexibility index (Phi) is 5.16. The third-order valence-electron chi connectivity index (χ3n) is 4.25. The van der Waals surface area contributed by atoms with Gasteiger partial charge >= 0.3 is 0 Å². The van der Waals surface area contributed by atoms with E-state index < -0.39 is 17.8 Å². The molecule has 0 bridgehead atoms. The highest BCUT2D eigenvalue weighted by atomic mass is 16.4. The van der Waals surface area contributed by atoms with Crippen LogP contribution in [0.2, 0.25) is 0 Å². The molecule has 0 radical (unpaired) electrons. The first-order chi connectivity index (χ1) is 12.1. The van der Waals surface area contributed by atoms with E-state index in [1.165, 1.54) is 0 Å². The van der Waals surface area contributed by atoms with Gasteiger partial charge in [-0.3, -0.25) is 14.5 Å². The third kappa shape index (κ3) is 3.89. The van der Waals surface area contributed by atoms with Crippen molar-refractivity contribution >= 4 is 5.91 Å².